The van der Waals surface area contributed by atoms with E-state index < -0.39 is 17.9 Å². The number of rotatable bonds is 22. The summed E-state index contributed by atoms with van der Waals surface area (Å²) in [7, 11) is 0. The van der Waals surface area contributed by atoms with Crippen molar-refractivity contribution >= 4 is 29.7 Å². The largest absolute Gasteiger partial charge is 0.542 e. The maximum atomic E-state index is 12.0. The van der Waals surface area contributed by atoms with Crippen molar-refractivity contribution in [3.8, 4) is 0 Å². The quantitative estimate of drug-likeness (QED) is 0.156. The van der Waals surface area contributed by atoms with Crippen LogP contribution in [0.1, 0.15) is 78.1 Å². The Morgan fingerprint density at radius 1 is 0.879 bits per heavy atom. The standard InChI is InChI=1S/C23H38NO8.Y/c1-3-19(26)10-7-13-31-14-15-32-17-22(28)24-21(23(29)30)12-11-20(27)9-6-4-5-8-18(2)16-25;/h18,21H,3-15,17H2,1-2H3,(H,24,28)(H,29,30);/q-1;. The molecule has 0 aromatic carbocycles. The molecule has 0 bridgehead atoms. The zero-order chi connectivity index (χ0) is 24.2. The summed E-state index contributed by atoms with van der Waals surface area (Å²) in [5.41, 5.74) is 0. The second-order valence-corrected chi connectivity index (χ2v) is 7.81. The molecule has 2 atom stereocenters. The second-order valence-electron chi connectivity index (χ2n) is 7.81. The van der Waals surface area contributed by atoms with Gasteiger partial charge in [0, 0.05) is 65.0 Å². The minimum atomic E-state index is -1.20. The van der Waals surface area contributed by atoms with Gasteiger partial charge in [0.1, 0.15) is 24.2 Å². The molecule has 33 heavy (non-hydrogen) atoms. The minimum absolute atomic E-state index is 0. The number of unbranched alkanes of at least 4 members (excludes halogenated alkanes) is 2. The van der Waals surface area contributed by atoms with Crippen LogP contribution in [0.3, 0.4) is 0 Å². The van der Waals surface area contributed by atoms with E-state index in [1.807, 2.05) is 13.2 Å². The Balaban J connectivity index is 0. The van der Waals surface area contributed by atoms with Gasteiger partial charge in [0.05, 0.1) is 13.2 Å². The van der Waals surface area contributed by atoms with Crippen LogP contribution in [0, 0.1) is 5.92 Å². The Morgan fingerprint density at radius 3 is 2.18 bits per heavy atom. The van der Waals surface area contributed by atoms with Crippen LogP contribution in [0.15, 0.2) is 0 Å². The number of amides is 1. The van der Waals surface area contributed by atoms with Gasteiger partial charge < -0.3 is 24.7 Å². The molecule has 0 aromatic heterocycles. The third kappa shape index (κ3) is 21.3. The van der Waals surface area contributed by atoms with Crippen molar-refractivity contribution in [2.24, 2.45) is 5.92 Å². The molecule has 0 aliphatic carbocycles. The Labute approximate surface area is 222 Å². The smallest absolute Gasteiger partial charge is 0.326 e. The summed E-state index contributed by atoms with van der Waals surface area (Å²) in [6, 6.07) is -1.15. The number of carboxylic acid groups (broad SMARTS) is 1. The Morgan fingerprint density at radius 2 is 1.55 bits per heavy atom. The van der Waals surface area contributed by atoms with E-state index in [1.165, 1.54) is 0 Å². The summed E-state index contributed by atoms with van der Waals surface area (Å²) in [5.74, 6) is -1.72. The Hall–Kier alpha value is -1.03. The van der Waals surface area contributed by atoms with Crippen molar-refractivity contribution in [3.63, 3.8) is 0 Å². The Kier molecular flexibility index (Phi) is 23.5. The molecule has 1 amide bonds. The molecule has 1 radical (unpaired) electrons. The molecule has 10 heteroatoms. The third-order valence-corrected chi connectivity index (χ3v) is 4.88. The van der Waals surface area contributed by atoms with Crippen LogP contribution in [0.2, 0.25) is 0 Å². The first-order chi connectivity index (χ1) is 15.3. The number of ether oxygens (including phenoxy) is 2. The monoisotopic (exact) mass is 545 g/mol. The van der Waals surface area contributed by atoms with Gasteiger partial charge in [0.2, 0.25) is 5.91 Å². The SMILES string of the molecule is CCC(=O)CCCOCCOCC(=O)NC(CCC(=O)CCCCCC(C)[C-]=O)C(=O)O.[Y]. The predicted molar refractivity (Wildman–Crippen MR) is 118 cm³/mol. The number of carbonyl (C=O) groups is 4. The molecular formula is C23H38NO8Y-. The molecular weight excluding hydrogens is 507 g/mol. The first kappa shape index (κ1) is 34.1. The maximum Gasteiger partial charge on any atom is 0.326 e. The molecule has 0 fully saturated rings. The summed E-state index contributed by atoms with van der Waals surface area (Å²) in [6.07, 6.45) is 7.14. The fourth-order valence-electron chi connectivity index (χ4n) is 2.87. The summed E-state index contributed by atoms with van der Waals surface area (Å²) < 4.78 is 10.5. The molecule has 2 unspecified atom stereocenters. The first-order valence-corrected chi connectivity index (χ1v) is 11.4. The number of carboxylic acids is 1. The summed E-state index contributed by atoms with van der Waals surface area (Å²) in [4.78, 5) is 56.8. The van der Waals surface area contributed by atoms with E-state index >= 15 is 0 Å². The molecule has 0 rings (SSSR count). The average molecular weight is 545 g/mol. The molecule has 0 aliphatic heterocycles. The number of nitrogens with one attached hydrogen (secondary N) is 1. The normalized spacial score (nSPS) is 12.3. The van der Waals surface area contributed by atoms with Crippen molar-refractivity contribution in [1.82, 2.24) is 5.32 Å². The van der Waals surface area contributed by atoms with Crippen LogP contribution in [-0.4, -0.2) is 67.3 Å². The van der Waals surface area contributed by atoms with Gasteiger partial charge in [-0.2, -0.15) is 0 Å². The van der Waals surface area contributed by atoms with E-state index in [4.69, 9.17) is 9.47 Å². The fourth-order valence-corrected chi connectivity index (χ4v) is 2.87. The predicted octanol–water partition coefficient (Wildman–Crippen LogP) is 2.39. The van der Waals surface area contributed by atoms with Crippen LogP contribution in [0.4, 0.5) is 0 Å². The van der Waals surface area contributed by atoms with Gasteiger partial charge in [-0.15, -0.1) is 5.92 Å². The van der Waals surface area contributed by atoms with E-state index in [0.29, 0.717) is 38.7 Å². The molecule has 2 N–H and O–H groups in total. The number of Topliss-reactive ketones (excluding diaryl/α,β-unsaturated/α-hetero) is 2. The summed E-state index contributed by atoms with van der Waals surface area (Å²) in [5, 5.41) is 11.6. The molecule has 0 saturated heterocycles. The third-order valence-electron chi connectivity index (χ3n) is 4.88. The van der Waals surface area contributed by atoms with Crippen LogP contribution in [-0.2, 0) is 66.2 Å². The van der Waals surface area contributed by atoms with Crippen LogP contribution < -0.4 is 5.32 Å². The Bertz CT molecular complexity index is 585. The molecule has 9 nitrogen and oxygen atoms in total. The zero-order valence-electron chi connectivity index (χ0n) is 19.9. The molecule has 187 valence electrons. The van der Waals surface area contributed by atoms with Gasteiger partial charge in [-0.1, -0.05) is 33.1 Å². The average Bonchev–Trinajstić information content (AvgIpc) is 2.77. The number of ketones is 2. The van der Waals surface area contributed by atoms with Gasteiger partial charge in [-0.25, -0.2) is 4.79 Å². The first-order valence-electron chi connectivity index (χ1n) is 11.4. The van der Waals surface area contributed by atoms with E-state index in [2.05, 4.69) is 5.32 Å². The number of hydrogen-bond donors (Lipinski definition) is 2. The second kappa shape index (κ2) is 22.8. The fraction of sp³-hybridized carbons (Fsp3) is 0.783. The van der Waals surface area contributed by atoms with Crippen molar-refractivity contribution in [2.75, 3.05) is 26.4 Å². The van der Waals surface area contributed by atoms with E-state index in [0.717, 1.165) is 19.3 Å². The van der Waals surface area contributed by atoms with Crippen molar-refractivity contribution in [1.29, 1.82) is 0 Å². The molecule has 0 heterocycles. The van der Waals surface area contributed by atoms with Crippen LogP contribution in [0.5, 0.6) is 0 Å². The minimum Gasteiger partial charge on any atom is -0.542 e. The summed E-state index contributed by atoms with van der Waals surface area (Å²) >= 11 is 0. The topological polar surface area (TPSA) is 136 Å². The van der Waals surface area contributed by atoms with Crippen molar-refractivity contribution in [3.05, 3.63) is 0 Å². The zero-order valence-corrected chi connectivity index (χ0v) is 22.8. The number of aliphatic carboxylic acids is 1. The molecule has 0 aliphatic rings. The molecule has 0 saturated carbocycles. The number of hydrogen-bond acceptors (Lipinski definition) is 7. The molecule has 0 spiro atoms. The van der Waals surface area contributed by atoms with Gasteiger partial charge in [-0.05, 0) is 19.3 Å². The van der Waals surface area contributed by atoms with Gasteiger partial charge >= 0.3 is 5.97 Å². The van der Waals surface area contributed by atoms with E-state index in [1.54, 1.807) is 6.92 Å². The summed E-state index contributed by atoms with van der Waals surface area (Å²) in [6.45, 7) is 4.21. The van der Waals surface area contributed by atoms with Gasteiger partial charge in [0.25, 0.3) is 0 Å². The van der Waals surface area contributed by atoms with E-state index in [9.17, 15) is 29.1 Å². The van der Waals surface area contributed by atoms with Gasteiger partial charge in [-0.3, -0.25) is 20.7 Å². The van der Waals surface area contributed by atoms with Gasteiger partial charge in [0.15, 0.2) is 0 Å². The maximum absolute atomic E-state index is 12.0. The van der Waals surface area contributed by atoms with Crippen molar-refractivity contribution < 1.29 is 71.3 Å². The molecule has 0 aromatic rings. The van der Waals surface area contributed by atoms with Crippen LogP contribution in [0.25, 0.3) is 0 Å². The van der Waals surface area contributed by atoms with Crippen molar-refractivity contribution in [2.45, 2.75) is 84.1 Å². The van der Waals surface area contributed by atoms with E-state index in [-0.39, 0.29) is 82.9 Å². The van der Waals surface area contributed by atoms with Crippen LogP contribution >= 0.6 is 0 Å². The number of carbonyl (C=O) groups excluding carboxylic acids is 4.